The summed E-state index contributed by atoms with van der Waals surface area (Å²) in [7, 11) is 0. The van der Waals surface area contributed by atoms with E-state index in [-0.39, 0.29) is 31.1 Å². The lowest BCUT2D eigenvalue weighted by molar-refractivity contribution is -0.167. The van der Waals surface area contributed by atoms with Gasteiger partial charge in [0.25, 0.3) is 0 Å². The summed E-state index contributed by atoms with van der Waals surface area (Å²) in [5, 5.41) is 0. The highest BCUT2D eigenvalue weighted by atomic mass is 16.6. The minimum absolute atomic E-state index is 0.0768. The molecule has 6 heteroatoms. The minimum Gasteiger partial charge on any atom is -0.462 e. The normalized spacial score (nSPS) is 12.6. The van der Waals surface area contributed by atoms with Crippen LogP contribution >= 0.6 is 0 Å². The van der Waals surface area contributed by atoms with Crippen LogP contribution in [-0.4, -0.2) is 37.2 Å². The summed E-state index contributed by atoms with van der Waals surface area (Å²) < 4.78 is 16.8. The first-order valence-electron chi connectivity index (χ1n) is 28.9. The maximum atomic E-state index is 12.8. The quantitative estimate of drug-likeness (QED) is 0.0262. The van der Waals surface area contributed by atoms with Crippen molar-refractivity contribution < 1.29 is 28.6 Å². The Morgan fingerprint density at radius 2 is 0.588 bits per heavy atom. The Hall–Kier alpha value is -3.15. The third-order valence-electron chi connectivity index (χ3n) is 12.4. The molecule has 0 aliphatic rings. The van der Waals surface area contributed by atoms with Gasteiger partial charge < -0.3 is 14.2 Å². The number of allylic oxidation sites excluding steroid dienone is 12. The third-order valence-corrected chi connectivity index (χ3v) is 12.4. The van der Waals surface area contributed by atoms with Crippen LogP contribution in [0, 0.1) is 0 Å². The zero-order valence-corrected chi connectivity index (χ0v) is 44.9. The molecule has 1 atom stereocenters. The lowest BCUT2D eigenvalue weighted by Crippen LogP contribution is -2.30. The fraction of sp³-hybridized carbons (Fsp3) is 0.758. The number of carbonyl (C=O) groups excluding carboxylic acids is 3. The lowest BCUT2D eigenvalue weighted by Gasteiger charge is -2.18. The fourth-order valence-electron chi connectivity index (χ4n) is 8.10. The number of hydrogen-bond acceptors (Lipinski definition) is 6. The SMILES string of the molecule is CC/C=C\C/C=C\C/C=C\C/C=C\C/C=C\CCCCCCCCCCCCCC(=O)OCC(COC(=O)CCCCCCC/C=C\CCCC)OC(=O)CCCCCCCCCCCCCC. The van der Waals surface area contributed by atoms with E-state index in [9.17, 15) is 14.4 Å². The molecule has 0 fully saturated rings. The number of carbonyl (C=O) groups is 3. The van der Waals surface area contributed by atoms with Crippen LogP contribution in [0.3, 0.4) is 0 Å². The smallest absolute Gasteiger partial charge is 0.306 e. The zero-order valence-electron chi connectivity index (χ0n) is 44.9. The van der Waals surface area contributed by atoms with Crippen LogP contribution in [0.5, 0.6) is 0 Å². The van der Waals surface area contributed by atoms with Crippen molar-refractivity contribution in [2.45, 2.75) is 290 Å². The second-order valence-electron chi connectivity index (χ2n) is 19.2. The van der Waals surface area contributed by atoms with Gasteiger partial charge in [-0.25, -0.2) is 0 Å². The van der Waals surface area contributed by atoms with Crippen LogP contribution in [0.1, 0.15) is 284 Å². The molecule has 0 aromatic carbocycles. The van der Waals surface area contributed by atoms with E-state index < -0.39 is 6.10 Å². The highest BCUT2D eigenvalue weighted by Crippen LogP contribution is 2.16. The second-order valence-corrected chi connectivity index (χ2v) is 19.2. The first kappa shape index (κ1) is 64.8. The Bertz CT molecular complexity index is 1270. The molecule has 0 heterocycles. The molecule has 0 amide bonds. The Morgan fingerprint density at radius 1 is 0.309 bits per heavy atom. The standard InChI is InChI=1S/C62H108O6/c1-4-7-10-13-16-19-22-24-25-26-27-28-29-30-31-32-33-34-35-36-37-38-41-43-46-49-52-55-61(64)67-58-59(57-66-60(63)54-51-48-45-42-39-21-18-15-12-9-6-3)68-62(65)56-53-50-47-44-40-23-20-17-14-11-8-5-2/h7,10,15-16,18-19,24-25,27-28,30-31,59H,4-6,8-9,11-14,17,20-23,26,29,32-58H2,1-3H3/b10-7-,18-15-,19-16-,25-24-,28-27-,31-30-. The molecule has 68 heavy (non-hydrogen) atoms. The number of rotatable bonds is 52. The van der Waals surface area contributed by atoms with E-state index in [0.29, 0.717) is 19.3 Å². The highest BCUT2D eigenvalue weighted by molar-refractivity contribution is 5.71. The van der Waals surface area contributed by atoms with Crippen molar-refractivity contribution in [2.75, 3.05) is 13.2 Å². The fourth-order valence-corrected chi connectivity index (χ4v) is 8.10. The van der Waals surface area contributed by atoms with Gasteiger partial charge in [0.2, 0.25) is 0 Å². The summed E-state index contributed by atoms with van der Waals surface area (Å²) in [6.07, 6.45) is 71.9. The molecule has 0 saturated heterocycles. The Morgan fingerprint density at radius 3 is 0.956 bits per heavy atom. The summed E-state index contributed by atoms with van der Waals surface area (Å²) in [6.45, 7) is 6.49. The van der Waals surface area contributed by atoms with Crippen LogP contribution in [0.25, 0.3) is 0 Å². The predicted molar refractivity (Wildman–Crippen MR) is 293 cm³/mol. The largest absolute Gasteiger partial charge is 0.462 e. The van der Waals surface area contributed by atoms with Gasteiger partial charge >= 0.3 is 17.9 Å². The van der Waals surface area contributed by atoms with Gasteiger partial charge in [0.05, 0.1) is 0 Å². The molecular formula is C62H108O6. The maximum absolute atomic E-state index is 12.8. The molecule has 6 nitrogen and oxygen atoms in total. The highest BCUT2D eigenvalue weighted by Gasteiger charge is 2.19. The van der Waals surface area contributed by atoms with Crippen molar-refractivity contribution in [3.63, 3.8) is 0 Å². The van der Waals surface area contributed by atoms with Gasteiger partial charge in [-0.05, 0) is 83.5 Å². The van der Waals surface area contributed by atoms with Gasteiger partial charge in [0.15, 0.2) is 6.10 Å². The molecule has 0 aromatic rings. The van der Waals surface area contributed by atoms with Crippen molar-refractivity contribution in [1.82, 2.24) is 0 Å². The van der Waals surface area contributed by atoms with E-state index in [2.05, 4.69) is 93.7 Å². The number of esters is 3. The number of unbranched alkanes of at least 4 members (excludes halogenated alkanes) is 29. The Kier molecular flexibility index (Phi) is 53.8. The van der Waals surface area contributed by atoms with E-state index in [4.69, 9.17) is 14.2 Å². The molecule has 0 saturated carbocycles. The lowest BCUT2D eigenvalue weighted by atomic mass is 10.0. The average molecular weight is 950 g/mol. The Balaban J connectivity index is 4.20. The molecule has 0 aromatic heterocycles. The monoisotopic (exact) mass is 949 g/mol. The molecule has 1 unspecified atom stereocenters. The van der Waals surface area contributed by atoms with Crippen LogP contribution in [0.2, 0.25) is 0 Å². The molecule has 0 spiro atoms. The van der Waals surface area contributed by atoms with E-state index in [0.717, 1.165) is 96.3 Å². The van der Waals surface area contributed by atoms with E-state index >= 15 is 0 Å². The molecule has 392 valence electrons. The van der Waals surface area contributed by atoms with Gasteiger partial charge in [-0.2, -0.15) is 0 Å². The first-order valence-corrected chi connectivity index (χ1v) is 28.9. The molecule has 0 aliphatic carbocycles. The van der Waals surface area contributed by atoms with E-state index in [1.54, 1.807) is 0 Å². The van der Waals surface area contributed by atoms with E-state index in [1.807, 2.05) is 0 Å². The van der Waals surface area contributed by atoms with Crippen LogP contribution in [0.4, 0.5) is 0 Å². The van der Waals surface area contributed by atoms with Crippen molar-refractivity contribution in [3.8, 4) is 0 Å². The molecule has 0 aliphatic heterocycles. The van der Waals surface area contributed by atoms with Gasteiger partial charge in [0.1, 0.15) is 13.2 Å². The third kappa shape index (κ3) is 53.8. The van der Waals surface area contributed by atoms with Gasteiger partial charge in [-0.1, -0.05) is 254 Å². The van der Waals surface area contributed by atoms with Crippen molar-refractivity contribution in [2.24, 2.45) is 0 Å². The number of hydrogen-bond donors (Lipinski definition) is 0. The summed E-state index contributed by atoms with van der Waals surface area (Å²) in [4.78, 5) is 38.0. The molecule has 0 radical (unpaired) electrons. The Labute approximate surface area is 421 Å². The van der Waals surface area contributed by atoms with Gasteiger partial charge in [-0.3, -0.25) is 14.4 Å². The summed E-state index contributed by atoms with van der Waals surface area (Å²) in [5.74, 6) is -0.881. The van der Waals surface area contributed by atoms with Gasteiger partial charge in [-0.15, -0.1) is 0 Å². The van der Waals surface area contributed by atoms with Crippen molar-refractivity contribution >= 4 is 17.9 Å². The summed E-state index contributed by atoms with van der Waals surface area (Å²) in [5.41, 5.74) is 0. The van der Waals surface area contributed by atoms with Crippen molar-refractivity contribution in [1.29, 1.82) is 0 Å². The van der Waals surface area contributed by atoms with Crippen LogP contribution in [-0.2, 0) is 28.6 Å². The van der Waals surface area contributed by atoms with Gasteiger partial charge in [0, 0.05) is 19.3 Å². The summed E-state index contributed by atoms with van der Waals surface area (Å²) >= 11 is 0. The minimum atomic E-state index is -0.776. The molecule has 0 N–H and O–H groups in total. The van der Waals surface area contributed by atoms with Crippen molar-refractivity contribution in [3.05, 3.63) is 72.9 Å². The molecule has 0 bridgehead atoms. The second kappa shape index (κ2) is 56.4. The number of ether oxygens (including phenoxy) is 3. The topological polar surface area (TPSA) is 78.9 Å². The predicted octanol–water partition coefficient (Wildman–Crippen LogP) is 19.4. The maximum Gasteiger partial charge on any atom is 0.306 e. The molecule has 0 rings (SSSR count). The van der Waals surface area contributed by atoms with Crippen LogP contribution < -0.4 is 0 Å². The van der Waals surface area contributed by atoms with E-state index in [1.165, 1.54) is 148 Å². The van der Waals surface area contributed by atoms with Crippen LogP contribution in [0.15, 0.2) is 72.9 Å². The first-order chi connectivity index (χ1) is 33.5. The molecular weight excluding hydrogens is 841 g/mol. The zero-order chi connectivity index (χ0) is 49.3. The average Bonchev–Trinajstić information content (AvgIpc) is 3.34. The summed E-state index contributed by atoms with van der Waals surface area (Å²) in [6, 6.07) is 0.